The Morgan fingerprint density at radius 3 is 2.48 bits per heavy atom. The summed E-state index contributed by atoms with van der Waals surface area (Å²) in [5, 5.41) is 8.76. The van der Waals surface area contributed by atoms with Crippen LogP contribution in [0.2, 0.25) is 0 Å². The van der Waals surface area contributed by atoms with Gasteiger partial charge in [0.25, 0.3) is 0 Å². The molecule has 0 aliphatic heterocycles. The van der Waals surface area contributed by atoms with E-state index in [1.807, 2.05) is 6.07 Å². The Labute approximate surface area is 155 Å². The Kier molecular flexibility index (Phi) is 5.68. The molecule has 0 saturated heterocycles. The Morgan fingerprint density at radius 2 is 1.89 bits per heavy atom. The molecule has 1 aromatic carbocycles. The summed E-state index contributed by atoms with van der Waals surface area (Å²) in [6.45, 7) is 0. The van der Waals surface area contributed by atoms with E-state index in [4.69, 9.17) is 10.00 Å². The third-order valence-electron chi connectivity index (χ3n) is 4.33. The molecular weight excluding hydrogens is 376 g/mol. The second kappa shape index (κ2) is 7.98. The van der Waals surface area contributed by atoms with E-state index < -0.39 is 26.6 Å². The minimum Gasteiger partial charge on any atom is -0.474 e. The van der Waals surface area contributed by atoms with Crippen molar-refractivity contribution in [1.29, 1.82) is 5.26 Å². The number of hydrogen-bond donors (Lipinski definition) is 1. The van der Waals surface area contributed by atoms with Gasteiger partial charge in [-0.15, -0.1) is 0 Å². The zero-order chi connectivity index (χ0) is 19.4. The maximum Gasteiger partial charge on any atom is 0.243 e. The monoisotopic (exact) mass is 393 g/mol. The molecule has 0 bridgehead atoms. The summed E-state index contributed by atoms with van der Waals surface area (Å²) in [5.74, 6) is -1.54. The molecule has 1 heterocycles. The number of rotatable bonds is 5. The van der Waals surface area contributed by atoms with E-state index in [1.165, 1.54) is 6.20 Å². The molecule has 142 valence electrons. The van der Waals surface area contributed by atoms with Gasteiger partial charge in [-0.25, -0.2) is 26.9 Å². The first-order valence-electron chi connectivity index (χ1n) is 8.37. The van der Waals surface area contributed by atoms with Crippen LogP contribution in [-0.4, -0.2) is 25.5 Å². The molecule has 1 aliphatic rings. The topological polar surface area (TPSA) is 92.1 Å². The van der Waals surface area contributed by atoms with E-state index in [0.717, 1.165) is 12.1 Å². The number of halogens is 2. The van der Waals surface area contributed by atoms with Gasteiger partial charge in [-0.3, -0.25) is 0 Å². The van der Waals surface area contributed by atoms with Gasteiger partial charge in [-0.1, -0.05) is 0 Å². The highest BCUT2D eigenvalue weighted by Crippen LogP contribution is 2.25. The van der Waals surface area contributed by atoms with Crippen LogP contribution in [0.4, 0.5) is 8.78 Å². The number of nitrogens with zero attached hydrogens (tertiary/aromatic N) is 2. The summed E-state index contributed by atoms with van der Waals surface area (Å²) < 4.78 is 59.6. The van der Waals surface area contributed by atoms with Gasteiger partial charge in [-0.2, -0.15) is 5.26 Å². The molecule has 2 aromatic rings. The van der Waals surface area contributed by atoms with Crippen LogP contribution in [0, 0.1) is 23.0 Å². The van der Waals surface area contributed by atoms with Gasteiger partial charge in [0.15, 0.2) is 0 Å². The fraction of sp³-hybridized carbons (Fsp3) is 0.333. The largest absolute Gasteiger partial charge is 0.474 e. The average molecular weight is 393 g/mol. The van der Waals surface area contributed by atoms with Crippen molar-refractivity contribution in [3.63, 3.8) is 0 Å². The summed E-state index contributed by atoms with van der Waals surface area (Å²) in [7, 11) is -4.07. The molecule has 1 aliphatic carbocycles. The van der Waals surface area contributed by atoms with Crippen molar-refractivity contribution < 1.29 is 21.9 Å². The zero-order valence-electron chi connectivity index (χ0n) is 14.2. The second-order valence-electron chi connectivity index (χ2n) is 6.28. The summed E-state index contributed by atoms with van der Waals surface area (Å²) in [4.78, 5) is 3.48. The first-order valence-corrected chi connectivity index (χ1v) is 9.86. The van der Waals surface area contributed by atoms with Crippen molar-refractivity contribution in [2.24, 2.45) is 0 Å². The maximum absolute atomic E-state index is 13.8. The van der Waals surface area contributed by atoms with E-state index in [2.05, 4.69) is 9.71 Å². The molecule has 9 heteroatoms. The summed E-state index contributed by atoms with van der Waals surface area (Å²) in [6, 6.07) is 7.22. The molecular formula is C18H17F2N3O3S. The second-order valence-corrected chi connectivity index (χ2v) is 7.97. The van der Waals surface area contributed by atoms with E-state index >= 15 is 0 Å². The summed E-state index contributed by atoms with van der Waals surface area (Å²) in [6.07, 6.45) is 3.54. The molecule has 27 heavy (non-hydrogen) atoms. The predicted octanol–water partition coefficient (Wildman–Crippen LogP) is 2.90. The zero-order valence-corrected chi connectivity index (χ0v) is 15.0. The van der Waals surface area contributed by atoms with Crippen molar-refractivity contribution >= 4 is 10.0 Å². The number of ether oxygens (including phenoxy) is 1. The summed E-state index contributed by atoms with van der Waals surface area (Å²) >= 11 is 0. The molecule has 1 N–H and O–H groups in total. The third-order valence-corrected chi connectivity index (χ3v) is 5.89. The van der Waals surface area contributed by atoms with Crippen LogP contribution in [0.25, 0.3) is 0 Å². The van der Waals surface area contributed by atoms with Crippen molar-refractivity contribution in [3.05, 3.63) is 53.7 Å². The van der Waals surface area contributed by atoms with Crippen LogP contribution >= 0.6 is 0 Å². The Hall–Kier alpha value is -2.57. The number of hydrogen-bond acceptors (Lipinski definition) is 5. The van der Waals surface area contributed by atoms with Crippen molar-refractivity contribution in [2.75, 3.05) is 0 Å². The van der Waals surface area contributed by atoms with Gasteiger partial charge in [-0.05, 0) is 43.9 Å². The van der Waals surface area contributed by atoms with E-state index in [1.54, 1.807) is 12.1 Å². The first kappa shape index (κ1) is 19.2. The molecule has 0 spiro atoms. The van der Waals surface area contributed by atoms with E-state index in [-0.39, 0.29) is 12.1 Å². The molecule has 1 saturated carbocycles. The van der Waals surface area contributed by atoms with E-state index in [0.29, 0.717) is 43.2 Å². The first-order chi connectivity index (χ1) is 12.9. The molecule has 1 aromatic heterocycles. The number of sulfonamides is 1. The normalized spacial score (nSPS) is 20.0. The van der Waals surface area contributed by atoms with Crippen LogP contribution < -0.4 is 9.46 Å². The molecule has 3 rings (SSSR count). The standard InChI is InChI=1S/C18H17F2N3O3S/c19-13-2-7-17(16(20)9-13)27(24,25)23-14-3-5-15(6-4-14)26-18-8-1-12(10-21)11-22-18/h1-2,7-9,11,14-15,23H,3-6H2. The fourth-order valence-corrected chi connectivity index (χ4v) is 4.33. The smallest absolute Gasteiger partial charge is 0.243 e. The SMILES string of the molecule is N#Cc1ccc(OC2CCC(NS(=O)(=O)c3ccc(F)cc3F)CC2)nc1. The van der Waals surface area contributed by atoms with Gasteiger partial charge in [0.2, 0.25) is 15.9 Å². The molecule has 6 nitrogen and oxygen atoms in total. The maximum atomic E-state index is 13.8. The highest BCUT2D eigenvalue weighted by atomic mass is 32.2. The number of pyridine rings is 1. The van der Waals surface area contributed by atoms with Crippen LogP contribution in [0.1, 0.15) is 31.2 Å². The lowest BCUT2D eigenvalue weighted by Gasteiger charge is -2.29. The Balaban J connectivity index is 1.56. The van der Waals surface area contributed by atoms with Crippen LogP contribution in [0.5, 0.6) is 5.88 Å². The molecule has 0 unspecified atom stereocenters. The van der Waals surface area contributed by atoms with Gasteiger partial charge in [0.1, 0.15) is 28.7 Å². The van der Waals surface area contributed by atoms with Crippen LogP contribution in [-0.2, 0) is 10.0 Å². The van der Waals surface area contributed by atoms with E-state index in [9.17, 15) is 17.2 Å². The van der Waals surface area contributed by atoms with Crippen molar-refractivity contribution in [3.8, 4) is 11.9 Å². The van der Waals surface area contributed by atoms with Gasteiger partial charge < -0.3 is 4.74 Å². The fourth-order valence-electron chi connectivity index (χ4n) is 2.96. The molecule has 0 radical (unpaired) electrons. The van der Waals surface area contributed by atoms with Crippen LogP contribution in [0.3, 0.4) is 0 Å². The minimum atomic E-state index is -4.07. The lowest BCUT2D eigenvalue weighted by molar-refractivity contribution is 0.138. The Morgan fingerprint density at radius 1 is 1.15 bits per heavy atom. The number of aromatic nitrogens is 1. The van der Waals surface area contributed by atoms with Crippen molar-refractivity contribution in [2.45, 2.75) is 42.7 Å². The van der Waals surface area contributed by atoms with Gasteiger partial charge in [0, 0.05) is 24.4 Å². The number of nitrogens with one attached hydrogen (secondary N) is 1. The van der Waals surface area contributed by atoms with Crippen LogP contribution in [0.15, 0.2) is 41.4 Å². The predicted molar refractivity (Wildman–Crippen MR) is 92.3 cm³/mol. The van der Waals surface area contributed by atoms with Gasteiger partial charge in [0.05, 0.1) is 5.56 Å². The number of nitriles is 1. The summed E-state index contributed by atoms with van der Waals surface area (Å²) in [5.41, 5.74) is 0.438. The lowest BCUT2D eigenvalue weighted by atomic mass is 9.94. The molecule has 0 atom stereocenters. The molecule has 0 amide bonds. The quantitative estimate of drug-likeness (QED) is 0.843. The lowest BCUT2D eigenvalue weighted by Crippen LogP contribution is -2.40. The minimum absolute atomic E-state index is 0.117. The highest BCUT2D eigenvalue weighted by molar-refractivity contribution is 7.89. The number of benzene rings is 1. The highest BCUT2D eigenvalue weighted by Gasteiger charge is 2.28. The van der Waals surface area contributed by atoms with Gasteiger partial charge >= 0.3 is 0 Å². The Bertz CT molecular complexity index is 951. The van der Waals surface area contributed by atoms with Crippen molar-refractivity contribution in [1.82, 2.24) is 9.71 Å². The molecule has 1 fully saturated rings. The average Bonchev–Trinajstić information content (AvgIpc) is 2.63. The third kappa shape index (κ3) is 4.78.